The molecule has 0 nitrogen and oxygen atoms in total. The van der Waals surface area contributed by atoms with E-state index < -0.39 is 0 Å². The van der Waals surface area contributed by atoms with Crippen LogP contribution in [-0.2, 0) is 12.8 Å². The maximum atomic E-state index is 4.21. The zero-order chi connectivity index (χ0) is 11.3. The highest BCUT2D eigenvalue weighted by molar-refractivity contribution is 7.80. The van der Waals surface area contributed by atoms with Crippen LogP contribution < -0.4 is 0 Å². The molecule has 82 valence electrons. The Morgan fingerprint density at radius 3 is 2.07 bits per heavy atom. The van der Waals surface area contributed by atoms with Crippen LogP contribution in [0.5, 0.6) is 0 Å². The molecule has 0 saturated heterocycles. The summed E-state index contributed by atoms with van der Waals surface area (Å²) in [6.07, 6.45) is 6.53. The van der Waals surface area contributed by atoms with Gasteiger partial charge in [-0.3, -0.25) is 0 Å². The van der Waals surface area contributed by atoms with Crippen LogP contribution in [0, 0.1) is 6.92 Å². The van der Waals surface area contributed by atoms with Crippen molar-refractivity contribution in [1.29, 1.82) is 0 Å². The van der Waals surface area contributed by atoms with Crippen molar-refractivity contribution in [3.05, 3.63) is 40.5 Å². The van der Waals surface area contributed by atoms with Gasteiger partial charge in [0, 0.05) is 5.75 Å². The Morgan fingerprint density at radius 2 is 1.67 bits per heavy atom. The molecule has 0 N–H and O–H groups in total. The van der Waals surface area contributed by atoms with E-state index in [-0.39, 0.29) is 0 Å². The van der Waals surface area contributed by atoms with Gasteiger partial charge in [0.15, 0.2) is 0 Å². The van der Waals surface area contributed by atoms with Crippen LogP contribution in [0.1, 0.15) is 36.1 Å². The molecule has 0 radical (unpaired) electrons. The van der Waals surface area contributed by atoms with E-state index in [2.05, 4.69) is 57.7 Å². The minimum atomic E-state index is 0.806. The minimum absolute atomic E-state index is 0.806. The van der Waals surface area contributed by atoms with Crippen molar-refractivity contribution in [1.82, 2.24) is 0 Å². The van der Waals surface area contributed by atoms with Crippen LogP contribution in [0.25, 0.3) is 6.08 Å². The van der Waals surface area contributed by atoms with Crippen molar-refractivity contribution in [2.24, 2.45) is 0 Å². The normalized spacial score (nSPS) is 11.2. The Bertz CT molecular complexity index is 325. The second kappa shape index (κ2) is 6.02. The monoisotopic (exact) mass is 220 g/mol. The third-order valence-corrected chi connectivity index (χ3v) is 2.86. The first-order valence-electron chi connectivity index (χ1n) is 5.62. The summed E-state index contributed by atoms with van der Waals surface area (Å²) in [5.74, 6) is 0.806. The summed E-state index contributed by atoms with van der Waals surface area (Å²) in [5.41, 5.74) is 5.67. The van der Waals surface area contributed by atoms with Gasteiger partial charge < -0.3 is 0 Å². The van der Waals surface area contributed by atoms with Gasteiger partial charge in [-0.25, -0.2) is 0 Å². The molecular weight excluding hydrogens is 200 g/mol. The molecule has 0 unspecified atom stereocenters. The van der Waals surface area contributed by atoms with E-state index in [9.17, 15) is 0 Å². The zero-order valence-corrected chi connectivity index (χ0v) is 10.8. The van der Waals surface area contributed by atoms with Crippen LogP contribution >= 0.6 is 12.6 Å². The van der Waals surface area contributed by atoms with Gasteiger partial charge in [-0.2, -0.15) is 12.6 Å². The van der Waals surface area contributed by atoms with Gasteiger partial charge in [-0.15, -0.1) is 0 Å². The van der Waals surface area contributed by atoms with E-state index in [1.807, 2.05) is 0 Å². The summed E-state index contributed by atoms with van der Waals surface area (Å²) in [4.78, 5) is 0. The average molecular weight is 220 g/mol. The summed E-state index contributed by atoms with van der Waals surface area (Å²) >= 11 is 4.21. The predicted octanol–water partition coefficient (Wildman–Crippen LogP) is 4.06. The molecule has 0 bridgehead atoms. The maximum Gasteiger partial charge on any atom is 0.00858 e. The zero-order valence-electron chi connectivity index (χ0n) is 9.88. The predicted molar refractivity (Wildman–Crippen MR) is 72.8 cm³/mol. The van der Waals surface area contributed by atoms with Gasteiger partial charge in [0.25, 0.3) is 0 Å². The van der Waals surface area contributed by atoms with Crippen LogP contribution in [0.4, 0.5) is 0 Å². The Balaban J connectivity index is 3.24. The van der Waals surface area contributed by atoms with E-state index in [4.69, 9.17) is 0 Å². The fourth-order valence-electron chi connectivity index (χ4n) is 1.92. The van der Waals surface area contributed by atoms with Gasteiger partial charge in [0.1, 0.15) is 0 Å². The van der Waals surface area contributed by atoms with Gasteiger partial charge in [0.2, 0.25) is 0 Å². The van der Waals surface area contributed by atoms with E-state index in [0.29, 0.717) is 0 Å². The molecule has 0 saturated carbocycles. The van der Waals surface area contributed by atoms with Crippen molar-refractivity contribution in [2.75, 3.05) is 5.75 Å². The number of hydrogen-bond donors (Lipinski definition) is 1. The molecule has 1 aromatic rings. The minimum Gasteiger partial charge on any atom is -0.175 e. The molecule has 0 atom stereocenters. The van der Waals surface area contributed by atoms with Crippen LogP contribution in [0.3, 0.4) is 0 Å². The largest absolute Gasteiger partial charge is 0.175 e. The second-order valence-electron chi connectivity index (χ2n) is 3.79. The maximum absolute atomic E-state index is 4.21. The molecule has 0 fully saturated rings. The summed E-state index contributed by atoms with van der Waals surface area (Å²) in [7, 11) is 0. The smallest absolute Gasteiger partial charge is 0.00858 e. The molecular formula is C14H20S. The molecule has 1 heteroatoms. The number of thiol groups is 1. The molecule has 0 aliphatic rings. The van der Waals surface area contributed by atoms with E-state index in [1.54, 1.807) is 0 Å². The molecule has 0 aliphatic carbocycles. The fourth-order valence-corrected chi connectivity index (χ4v) is 2.03. The summed E-state index contributed by atoms with van der Waals surface area (Å²) in [6.45, 7) is 6.60. The van der Waals surface area contributed by atoms with Crippen LogP contribution in [0.2, 0.25) is 0 Å². The van der Waals surface area contributed by atoms with Gasteiger partial charge >= 0.3 is 0 Å². The number of rotatable bonds is 4. The standard InChI is InChI=1S/C14H20S/c1-4-12-9-11(3)10-13(5-2)14(12)7-6-8-15/h6-7,9-10,15H,4-5,8H2,1-3H3. The quantitative estimate of drug-likeness (QED) is 0.727. The van der Waals surface area contributed by atoms with E-state index in [1.165, 1.54) is 22.3 Å². The lowest BCUT2D eigenvalue weighted by atomic mass is 9.95. The number of benzene rings is 1. The lowest BCUT2D eigenvalue weighted by molar-refractivity contribution is 1.07. The van der Waals surface area contributed by atoms with Gasteiger partial charge in [-0.1, -0.05) is 43.7 Å². The summed E-state index contributed by atoms with van der Waals surface area (Å²) in [6, 6.07) is 4.58. The molecule has 0 heterocycles. The molecule has 1 aromatic carbocycles. The van der Waals surface area contributed by atoms with Crippen molar-refractivity contribution < 1.29 is 0 Å². The Kier molecular flexibility index (Phi) is 4.97. The number of hydrogen-bond acceptors (Lipinski definition) is 1. The van der Waals surface area contributed by atoms with E-state index >= 15 is 0 Å². The number of aryl methyl sites for hydroxylation is 3. The highest BCUT2D eigenvalue weighted by Crippen LogP contribution is 2.20. The van der Waals surface area contributed by atoms with Crippen molar-refractivity contribution in [3.63, 3.8) is 0 Å². The lowest BCUT2D eigenvalue weighted by Crippen LogP contribution is -1.95. The van der Waals surface area contributed by atoms with Gasteiger partial charge in [-0.05, 0) is 36.5 Å². The third-order valence-electron chi connectivity index (χ3n) is 2.65. The SMILES string of the molecule is CCc1cc(C)cc(CC)c1C=CCS. The topological polar surface area (TPSA) is 0 Å². The molecule has 0 spiro atoms. The molecule has 15 heavy (non-hydrogen) atoms. The Morgan fingerprint density at radius 1 is 1.13 bits per heavy atom. The van der Waals surface area contributed by atoms with Crippen LogP contribution in [0.15, 0.2) is 18.2 Å². The van der Waals surface area contributed by atoms with Gasteiger partial charge in [0.05, 0.1) is 0 Å². The highest BCUT2D eigenvalue weighted by Gasteiger charge is 2.04. The average Bonchev–Trinajstić information content (AvgIpc) is 2.26. The third kappa shape index (κ3) is 3.13. The van der Waals surface area contributed by atoms with Crippen LogP contribution in [-0.4, -0.2) is 5.75 Å². The lowest BCUT2D eigenvalue weighted by Gasteiger charge is -2.11. The Hall–Kier alpha value is -0.690. The van der Waals surface area contributed by atoms with E-state index in [0.717, 1.165) is 18.6 Å². The molecule has 0 amide bonds. The fraction of sp³-hybridized carbons (Fsp3) is 0.429. The first-order chi connectivity index (χ1) is 7.22. The molecule has 0 aliphatic heterocycles. The second-order valence-corrected chi connectivity index (χ2v) is 4.15. The highest BCUT2D eigenvalue weighted by atomic mass is 32.1. The first kappa shape index (κ1) is 12.4. The van der Waals surface area contributed by atoms with Crippen molar-refractivity contribution in [3.8, 4) is 0 Å². The van der Waals surface area contributed by atoms with Crippen molar-refractivity contribution >= 4 is 18.7 Å². The summed E-state index contributed by atoms with van der Waals surface area (Å²) in [5, 5.41) is 0. The molecule has 1 rings (SSSR count). The van der Waals surface area contributed by atoms with Crippen molar-refractivity contribution in [2.45, 2.75) is 33.6 Å². The summed E-state index contributed by atoms with van der Waals surface area (Å²) < 4.78 is 0. The first-order valence-corrected chi connectivity index (χ1v) is 6.25. The Labute approximate surface area is 98.8 Å². The molecule has 0 aromatic heterocycles.